The summed E-state index contributed by atoms with van der Waals surface area (Å²) in [7, 11) is 0. The molecule has 0 fully saturated rings. The zero-order chi connectivity index (χ0) is 34.4. The molecule has 0 spiro atoms. The van der Waals surface area contributed by atoms with Crippen molar-refractivity contribution in [2.45, 2.75) is 0 Å². The molecule has 0 aliphatic heterocycles. The van der Waals surface area contributed by atoms with Gasteiger partial charge in [0, 0.05) is 10.8 Å². The Morgan fingerprint density at radius 2 is 1.05 bits per heavy atom. The second kappa shape index (κ2) is 9.44. The monoisotopic (exact) mass is 553 g/mol. The largest absolute Gasteiger partial charge is 0.456 e. The van der Waals surface area contributed by atoms with Gasteiger partial charge in [-0.25, -0.2) is 0 Å². The first-order valence-electron chi connectivity index (χ1n) is 17.7. The van der Waals surface area contributed by atoms with E-state index in [0.29, 0.717) is 11.1 Å². The normalized spacial score (nSPS) is 14.0. The molecule has 0 bridgehead atoms. The molecule has 0 aliphatic carbocycles. The summed E-state index contributed by atoms with van der Waals surface area (Å²) in [4.78, 5) is 0. The van der Waals surface area contributed by atoms with Crippen LogP contribution in [0.25, 0.3) is 87.6 Å². The van der Waals surface area contributed by atoms with Crippen LogP contribution in [0.4, 0.5) is 0 Å². The smallest absolute Gasteiger partial charge is 0.136 e. The summed E-state index contributed by atoms with van der Waals surface area (Å²) in [6.07, 6.45) is 0. The molecular formula is C42H26O. The molecule has 0 saturated heterocycles. The average molecular weight is 554 g/mol. The van der Waals surface area contributed by atoms with E-state index in [0.717, 1.165) is 49.2 Å². The van der Waals surface area contributed by atoms with Crippen molar-refractivity contribution in [2.24, 2.45) is 0 Å². The van der Waals surface area contributed by atoms with Crippen LogP contribution in [0.2, 0.25) is 0 Å². The number of rotatable bonds is 3. The molecule has 9 aromatic rings. The lowest BCUT2D eigenvalue weighted by Crippen LogP contribution is -1.91. The van der Waals surface area contributed by atoms with Gasteiger partial charge in [-0.05, 0) is 89.9 Å². The predicted octanol–water partition coefficient (Wildman–Crippen LogP) is 12.0. The van der Waals surface area contributed by atoms with E-state index in [9.17, 15) is 1.37 Å². The quantitative estimate of drug-likeness (QED) is 0.198. The third kappa shape index (κ3) is 3.72. The summed E-state index contributed by atoms with van der Waals surface area (Å²) < 4.78 is 67.0. The first-order chi connectivity index (χ1) is 24.2. The fourth-order valence-electron chi connectivity index (χ4n) is 6.48. The lowest BCUT2D eigenvalue weighted by Gasteiger charge is -2.18. The van der Waals surface area contributed by atoms with Crippen molar-refractivity contribution < 1.29 is 14.0 Å². The van der Waals surface area contributed by atoms with Crippen molar-refractivity contribution in [2.75, 3.05) is 0 Å². The fraction of sp³-hybridized carbons (Fsp3) is 0. The molecule has 43 heavy (non-hydrogen) atoms. The Morgan fingerprint density at radius 1 is 0.419 bits per heavy atom. The van der Waals surface area contributed by atoms with Gasteiger partial charge in [-0.15, -0.1) is 0 Å². The van der Waals surface area contributed by atoms with Crippen molar-refractivity contribution in [3.05, 3.63) is 158 Å². The highest BCUT2D eigenvalue weighted by Gasteiger charge is 2.20. The van der Waals surface area contributed by atoms with Gasteiger partial charge in [0.25, 0.3) is 0 Å². The van der Waals surface area contributed by atoms with Crippen molar-refractivity contribution >= 4 is 54.3 Å². The number of hydrogen-bond donors (Lipinski definition) is 0. The molecule has 1 heterocycles. The molecule has 0 unspecified atom stereocenters. The van der Waals surface area contributed by atoms with E-state index in [1.54, 1.807) is 0 Å². The number of para-hydroxylation sites is 1. The average Bonchev–Trinajstić information content (AvgIpc) is 3.55. The predicted molar refractivity (Wildman–Crippen MR) is 183 cm³/mol. The standard InChI is InChI=1S/C42H26O/c1-2-12-28-25-30(24-23-27(28)11-1)29-13-9-14-31(26-29)40-32-15-3-5-17-34(32)41(35-18-6-4-16-33(35)40)37-20-10-22-39-42(37)36-19-7-8-21-38(36)43-39/h1-26H/i7D,8D,10D,19D,20D,21D,22D. The van der Waals surface area contributed by atoms with Gasteiger partial charge in [0.15, 0.2) is 0 Å². The maximum Gasteiger partial charge on any atom is 0.136 e. The SMILES string of the molecule is [2H]c1c([2H])c([2H])c2c(oc3c([2H])c([2H])c([2H])c(-c4c5ccccc5c(-c5cccc(-c6ccc7ccccc7c6)c5)c5ccccc45)c32)c1[2H]. The molecular weight excluding hydrogens is 520 g/mol. The lowest BCUT2D eigenvalue weighted by molar-refractivity contribution is 0.669. The van der Waals surface area contributed by atoms with Crippen LogP contribution in [0.5, 0.6) is 0 Å². The van der Waals surface area contributed by atoms with Crippen LogP contribution < -0.4 is 0 Å². The highest BCUT2D eigenvalue weighted by atomic mass is 16.3. The number of hydrogen-bond acceptors (Lipinski definition) is 1. The molecule has 200 valence electrons. The third-order valence-electron chi connectivity index (χ3n) is 8.36. The van der Waals surface area contributed by atoms with E-state index in [1.807, 2.05) is 60.7 Å². The van der Waals surface area contributed by atoms with Gasteiger partial charge in [0.1, 0.15) is 11.2 Å². The van der Waals surface area contributed by atoms with E-state index >= 15 is 0 Å². The van der Waals surface area contributed by atoms with E-state index in [1.165, 1.54) is 5.39 Å². The number of benzene rings is 8. The molecule has 1 nitrogen and oxygen atoms in total. The van der Waals surface area contributed by atoms with E-state index < -0.39 is 12.1 Å². The summed E-state index contributed by atoms with van der Waals surface area (Å²) in [6.45, 7) is 0. The molecule has 1 aromatic heterocycles. The molecule has 0 N–H and O–H groups in total. The van der Waals surface area contributed by atoms with Crippen molar-refractivity contribution in [3.63, 3.8) is 0 Å². The minimum absolute atomic E-state index is 0.0386. The van der Waals surface area contributed by atoms with Crippen molar-refractivity contribution in [1.29, 1.82) is 0 Å². The van der Waals surface area contributed by atoms with Gasteiger partial charge in [0.2, 0.25) is 0 Å². The van der Waals surface area contributed by atoms with Crippen LogP contribution in [0.1, 0.15) is 9.60 Å². The molecule has 0 atom stereocenters. The maximum atomic E-state index is 9.30. The lowest BCUT2D eigenvalue weighted by atomic mass is 9.84. The molecule has 9 rings (SSSR count). The first-order valence-corrected chi connectivity index (χ1v) is 14.2. The zero-order valence-corrected chi connectivity index (χ0v) is 22.9. The Hall–Kier alpha value is -5.66. The summed E-state index contributed by atoms with van der Waals surface area (Å²) in [5.41, 5.74) is 5.00. The number of furan rings is 1. The highest BCUT2D eigenvalue weighted by molar-refractivity contribution is 6.25. The van der Waals surface area contributed by atoms with Crippen LogP contribution in [0, 0.1) is 0 Å². The second-order valence-electron chi connectivity index (χ2n) is 10.7. The fourth-order valence-corrected chi connectivity index (χ4v) is 6.48. The summed E-state index contributed by atoms with van der Waals surface area (Å²) >= 11 is 0. The van der Waals surface area contributed by atoms with Crippen LogP contribution in [0.3, 0.4) is 0 Å². The number of fused-ring (bicyclic) bond motifs is 6. The van der Waals surface area contributed by atoms with Gasteiger partial charge in [-0.2, -0.15) is 0 Å². The minimum Gasteiger partial charge on any atom is -0.456 e. The second-order valence-corrected chi connectivity index (χ2v) is 10.7. The Bertz CT molecular complexity index is 2850. The molecule has 0 amide bonds. The Morgan fingerprint density at radius 3 is 1.84 bits per heavy atom. The van der Waals surface area contributed by atoms with Gasteiger partial charge < -0.3 is 4.42 Å². The Labute approximate surface area is 259 Å². The summed E-state index contributed by atoms with van der Waals surface area (Å²) in [6, 6.07) is 36.7. The Kier molecular flexibility index (Phi) is 3.95. The van der Waals surface area contributed by atoms with Gasteiger partial charge >= 0.3 is 0 Å². The van der Waals surface area contributed by atoms with Crippen molar-refractivity contribution in [1.82, 2.24) is 0 Å². The van der Waals surface area contributed by atoms with Crippen LogP contribution in [-0.2, 0) is 0 Å². The zero-order valence-electron chi connectivity index (χ0n) is 29.9. The highest BCUT2D eigenvalue weighted by Crippen LogP contribution is 2.47. The molecule has 0 saturated carbocycles. The van der Waals surface area contributed by atoms with E-state index in [2.05, 4.69) is 54.6 Å². The van der Waals surface area contributed by atoms with Gasteiger partial charge in [-0.3, -0.25) is 0 Å². The van der Waals surface area contributed by atoms with Crippen molar-refractivity contribution in [3.8, 4) is 33.4 Å². The van der Waals surface area contributed by atoms with Gasteiger partial charge in [-0.1, -0.05) is 133 Å². The van der Waals surface area contributed by atoms with Gasteiger partial charge in [0.05, 0.1) is 9.60 Å². The molecule has 1 heteroatoms. The van der Waals surface area contributed by atoms with E-state index in [-0.39, 0.29) is 52.2 Å². The molecule has 0 aliphatic rings. The van der Waals surface area contributed by atoms with Crippen LogP contribution >= 0.6 is 0 Å². The first kappa shape index (κ1) is 18.0. The minimum atomic E-state index is -0.446. The maximum absolute atomic E-state index is 9.30. The van der Waals surface area contributed by atoms with E-state index in [4.69, 9.17) is 12.6 Å². The Balaban J connectivity index is 1.40. The van der Waals surface area contributed by atoms with Crippen LogP contribution in [0.15, 0.2) is 162 Å². The summed E-state index contributed by atoms with van der Waals surface area (Å²) in [5, 5.41) is 6.12. The van der Waals surface area contributed by atoms with Crippen LogP contribution in [-0.4, -0.2) is 0 Å². The molecule has 8 aromatic carbocycles. The topological polar surface area (TPSA) is 13.1 Å². The summed E-state index contributed by atoms with van der Waals surface area (Å²) in [5.74, 6) is 0. The molecule has 0 radical (unpaired) electrons. The third-order valence-corrected chi connectivity index (χ3v) is 8.36.